The molecule has 1 aliphatic heterocycles. The molecule has 0 aromatic heterocycles. The van der Waals surface area contributed by atoms with Crippen LogP contribution in [0.3, 0.4) is 0 Å². The maximum absolute atomic E-state index is 12.5. The van der Waals surface area contributed by atoms with Crippen molar-refractivity contribution < 1.29 is 14.8 Å². The number of rotatable bonds is 2. The first-order valence-corrected chi connectivity index (χ1v) is 7.76. The van der Waals surface area contributed by atoms with Crippen LogP contribution in [0.5, 0.6) is 0 Å². The number of nitrogens with zero attached hydrogens (tertiary/aromatic N) is 2. The van der Waals surface area contributed by atoms with Gasteiger partial charge in [0, 0.05) is 36.7 Å². The van der Waals surface area contributed by atoms with Gasteiger partial charge in [0.2, 0.25) is 0 Å². The normalized spacial score (nSPS) is 28.0. The Balaban J connectivity index is 1.71. The highest BCUT2D eigenvalue weighted by atomic mass is 16.6. The van der Waals surface area contributed by atoms with E-state index < -0.39 is 10.5 Å². The van der Waals surface area contributed by atoms with Crippen molar-refractivity contribution in [3.8, 4) is 0 Å². The molecule has 1 saturated carbocycles. The van der Waals surface area contributed by atoms with Gasteiger partial charge in [-0.3, -0.25) is 14.9 Å². The van der Waals surface area contributed by atoms with Crippen molar-refractivity contribution in [2.24, 2.45) is 5.92 Å². The summed E-state index contributed by atoms with van der Waals surface area (Å²) < 4.78 is 0. The number of hydrogen-bond acceptors (Lipinski definition) is 4. The van der Waals surface area contributed by atoms with Gasteiger partial charge in [-0.05, 0) is 31.4 Å². The summed E-state index contributed by atoms with van der Waals surface area (Å²) in [6.07, 6.45) is 4.57. The first-order chi connectivity index (χ1) is 10.5. The highest BCUT2D eigenvalue weighted by Gasteiger charge is 2.43. The van der Waals surface area contributed by atoms with E-state index >= 15 is 0 Å². The second-order valence-corrected chi connectivity index (χ2v) is 6.35. The molecule has 1 aliphatic carbocycles. The lowest BCUT2D eigenvalue weighted by Crippen LogP contribution is -2.54. The van der Waals surface area contributed by atoms with Gasteiger partial charge in [-0.1, -0.05) is 12.8 Å². The molecule has 1 aromatic rings. The van der Waals surface area contributed by atoms with Crippen molar-refractivity contribution in [1.82, 2.24) is 4.90 Å². The number of piperidine rings is 1. The molecule has 6 nitrogen and oxygen atoms in total. The Hall–Kier alpha value is -1.95. The van der Waals surface area contributed by atoms with Gasteiger partial charge in [0.05, 0.1) is 10.5 Å². The topological polar surface area (TPSA) is 83.7 Å². The van der Waals surface area contributed by atoms with Crippen molar-refractivity contribution in [2.45, 2.75) is 37.7 Å². The molecule has 2 aliphatic rings. The lowest BCUT2D eigenvalue weighted by Gasteiger charge is -2.47. The average molecular weight is 304 g/mol. The summed E-state index contributed by atoms with van der Waals surface area (Å²) in [5.74, 6) is 0.0412. The molecule has 3 rings (SSSR count). The van der Waals surface area contributed by atoms with Crippen LogP contribution in [-0.2, 0) is 0 Å². The maximum Gasteiger partial charge on any atom is 0.269 e. The minimum Gasteiger partial charge on any atom is -0.389 e. The third-order valence-corrected chi connectivity index (χ3v) is 5.04. The second-order valence-electron chi connectivity index (χ2n) is 6.35. The van der Waals surface area contributed by atoms with E-state index in [-0.39, 0.29) is 17.5 Å². The number of nitro benzene ring substituents is 1. The largest absolute Gasteiger partial charge is 0.389 e. The lowest BCUT2D eigenvalue weighted by molar-refractivity contribution is -0.384. The van der Waals surface area contributed by atoms with E-state index in [2.05, 4.69) is 0 Å². The average Bonchev–Trinajstić information content (AvgIpc) is 2.53. The number of likely N-dealkylation sites (tertiary alicyclic amines) is 1. The molecular weight excluding hydrogens is 284 g/mol. The summed E-state index contributed by atoms with van der Waals surface area (Å²) in [4.78, 5) is 24.5. The fourth-order valence-corrected chi connectivity index (χ4v) is 3.66. The summed E-state index contributed by atoms with van der Waals surface area (Å²) in [6, 6.07) is 5.71. The van der Waals surface area contributed by atoms with Crippen LogP contribution in [0.1, 0.15) is 42.5 Å². The quantitative estimate of drug-likeness (QED) is 0.671. The van der Waals surface area contributed by atoms with Crippen molar-refractivity contribution in [3.05, 3.63) is 39.9 Å². The zero-order chi connectivity index (χ0) is 15.7. The predicted octanol–water partition coefficient (Wildman–Crippen LogP) is 2.36. The number of aliphatic hydroxyl groups is 1. The summed E-state index contributed by atoms with van der Waals surface area (Å²) >= 11 is 0. The van der Waals surface area contributed by atoms with Crippen LogP contribution in [0.15, 0.2) is 24.3 Å². The Bertz CT molecular complexity index is 586. The van der Waals surface area contributed by atoms with Gasteiger partial charge in [0.15, 0.2) is 0 Å². The van der Waals surface area contributed by atoms with Crippen molar-refractivity contribution >= 4 is 11.6 Å². The molecule has 0 radical (unpaired) electrons. The van der Waals surface area contributed by atoms with Crippen LogP contribution in [0, 0.1) is 16.0 Å². The van der Waals surface area contributed by atoms with Crippen LogP contribution in [-0.4, -0.2) is 39.5 Å². The molecule has 22 heavy (non-hydrogen) atoms. The second kappa shape index (κ2) is 5.68. The van der Waals surface area contributed by atoms with Crippen LogP contribution in [0.4, 0.5) is 5.69 Å². The Morgan fingerprint density at radius 2 is 2.00 bits per heavy atom. The fourth-order valence-electron chi connectivity index (χ4n) is 3.66. The predicted molar refractivity (Wildman–Crippen MR) is 80.5 cm³/mol. The number of benzene rings is 1. The van der Waals surface area contributed by atoms with E-state index in [4.69, 9.17) is 0 Å². The standard InChI is InChI=1S/C16H20N2O4/c19-15(12-4-6-14(7-5-12)18(21)22)17-10-9-16(20)8-2-1-3-13(16)11-17/h4-7,13,20H,1-3,8-11H2/t13-,16-/m0/s1. The van der Waals surface area contributed by atoms with Gasteiger partial charge in [-0.15, -0.1) is 0 Å². The first kappa shape index (κ1) is 15.0. The number of nitro groups is 1. The highest BCUT2D eigenvalue weighted by molar-refractivity contribution is 5.94. The van der Waals surface area contributed by atoms with Gasteiger partial charge in [-0.2, -0.15) is 0 Å². The molecule has 6 heteroatoms. The molecule has 2 fully saturated rings. The molecule has 2 atom stereocenters. The number of amides is 1. The minimum absolute atomic E-state index is 0.0168. The zero-order valence-corrected chi connectivity index (χ0v) is 12.4. The molecule has 1 amide bonds. The van der Waals surface area contributed by atoms with Crippen LogP contribution < -0.4 is 0 Å². The molecule has 0 spiro atoms. The number of fused-ring (bicyclic) bond motifs is 1. The van der Waals surface area contributed by atoms with Gasteiger partial charge in [-0.25, -0.2) is 0 Å². The summed E-state index contributed by atoms with van der Waals surface area (Å²) in [5, 5.41) is 21.3. The molecule has 118 valence electrons. The van der Waals surface area contributed by atoms with E-state index in [1.165, 1.54) is 24.3 Å². The van der Waals surface area contributed by atoms with Gasteiger partial charge in [0.1, 0.15) is 0 Å². The minimum atomic E-state index is -0.607. The Labute approximate surface area is 128 Å². The molecule has 1 N–H and O–H groups in total. The van der Waals surface area contributed by atoms with E-state index in [0.717, 1.165) is 25.7 Å². The van der Waals surface area contributed by atoms with Crippen molar-refractivity contribution in [2.75, 3.05) is 13.1 Å². The van der Waals surface area contributed by atoms with E-state index in [1.807, 2.05) is 0 Å². The Kier molecular flexibility index (Phi) is 3.87. The number of carbonyl (C=O) groups excluding carboxylic acids is 1. The number of non-ortho nitro benzene ring substituents is 1. The maximum atomic E-state index is 12.5. The fraction of sp³-hybridized carbons (Fsp3) is 0.562. The molecular formula is C16H20N2O4. The van der Waals surface area contributed by atoms with Gasteiger partial charge >= 0.3 is 0 Å². The van der Waals surface area contributed by atoms with E-state index in [9.17, 15) is 20.0 Å². The Morgan fingerprint density at radius 1 is 1.27 bits per heavy atom. The first-order valence-electron chi connectivity index (χ1n) is 7.76. The van der Waals surface area contributed by atoms with E-state index in [1.54, 1.807) is 4.90 Å². The van der Waals surface area contributed by atoms with Crippen molar-refractivity contribution in [1.29, 1.82) is 0 Å². The number of hydrogen-bond donors (Lipinski definition) is 1. The van der Waals surface area contributed by atoms with Gasteiger partial charge < -0.3 is 10.0 Å². The highest BCUT2D eigenvalue weighted by Crippen LogP contribution is 2.40. The van der Waals surface area contributed by atoms with Crippen LogP contribution in [0.25, 0.3) is 0 Å². The lowest BCUT2D eigenvalue weighted by atomic mass is 9.71. The van der Waals surface area contributed by atoms with Gasteiger partial charge in [0.25, 0.3) is 11.6 Å². The number of carbonyl (C=O) groups is 1. The summed E-state index contributed by atoms with van der Waals surface area (Å²) in [7, 11) is 0. The molecule has 0 bridgehead atoms. The third kappa shape index (κ3) is 2.70. The SMILES string of the molecule is O=C(c1ccc([N+](=O)[O-])cc1)N1CC[C@@]2(O)CCCC[C@H]2C1. The molecule has 0 unspecified atom stereocenters. The summed E-state index contributed by atoms with van der Waals surface area (Å²) in [5.41, 5.74) is -0.159. The monoisotopic (exact) mass is 304 g/mol. The van der Waals surface area contributed by atoms with E-state index in [0.29, 0.717) is 25.1 Å². The van der Waals surface area contributed by atoms with Crippen LogP contribution in [0.2, 0.25) is 0 Å². The summed E-state index contributed by atoms with van der Waals surface area (Å²) in [6.45, 7) is 1.12. The molecule has 1 aromatic carbocycles. The van der Waals surface area contributed by atoms with Crippen molar-refractivity contribution in [3.63, 3.8) is 0 Å². The van der Waals surface area contributed by atoms with Crippen LogP contribution >= 0.6 is 0 Å². The smallest absolute Gasteiger partial charge is 0.269 e. The zero-order valence-electron chi connectivity index (χ0n) is 12.4. The molecule has 1 heterocycles. The molecule has 1 saturated heterocycles. The third-order valence-electron chi connectivity index (χ3n) is 5.04. The Morgan fingerprint density at radius 3 is 2.68 bits per heavy atom.